The van der Waals surface area contributed by atoms with E-state index in [-0.39, 0.29) is 11.5 Å². The molecular weight excluding hydrogens is 424 g/mol. The van der Waals surface area contributed by atoms with Gasteiger partial charge in [-0.25, -0.2) is 4.98 Å². The molecule has 2 aromatic carbocycles. The summed E-state index contributed by atoms with van der Waals surface area (Å²) in [6, 6.07) is 14.6. The summed E-state index contributed by atoms with van der Waals surface area (Å²) in [6.07, 6.45) is 1.41. The van der Waals surface area contributed by atoms with Crippen LogP contribution < -0.4 is 15.0 Å². The molecule has 7 nitrogen and oxygen atoms in total. The van der Waals surface area contributed by atoms with Crippen molar-refractivity contribution in [2.75, 3.05) is 17.3 Å². The SMILES string of the molecule is COc1ccc(N(C(C)=O)c2nc(/C=C(\C#N)C(=O)Nc3ccc(C)cc3C)cs2)cc1. The molecule has 3 rings (SSSR count). The summed E-state index contributed by atoms with van der Waals surface area (Å²) in [5.74, 6) is -0.0609. The fraction of sp³-hybridized carbons (Fsp3) is 0.167. The van der Waals surface area contributed by atoms with Gasteiger partial charge in [0.05, 0.1) is 18.5 Å². The predicted molar refractivity (Wildman–Crippen MR) is 126 cm³/mol. The van der Waals surface area contributed by atoms with Gasteiger partial charge < -0.3 is 10.1 Å². The number of thiazole rings is 1. The predicted octanol–water partition coefficient (Wildman–Crippen LogP) is 5.00. The van der Waals surface area contributed by atoms with E-state index < -0.39 is 5.91 Å². The molecule has 1 aromatic heterocycles. The van der Waals surface area contributed by atoms with Gasteiger partial charge in [-0.1, -0.05) is 17.7 Å². The van der Waals surface area contributed by atoms with Gasteiger partial charge in [0.25, 0.3) is 5.91 Å². The number of nitrogens with zero attached hydrogens (tertiary/aromatic N) is 3. The molecule has 0 aliphatic rings. The number of ether oxygens (including phenoxy) is 1. The lowest BCUT2D eigenvalue weighted by atomic mass is 10.1. The monoisotopic (exact) mass is 446 g/mol. The minimum Gasteiger partial charge on any atom is -0.497 e. The molecule has 0 saturated heterocycles. The van der Waals surface area contributed by atoms with Crippen LogP contribution in [0.4, 0.5) is 16.5 Å². The van der Waals surface area contributed by atoms with Crippen LogP contribution in [0.3, 0.4) is 0 Å². The highest BCUT2D eigenvalue weighted by molar-refractivity contribution is 7.14. The Morgan fingerprint density at radius 1 is 1.19 bits per heavy atom. The number of methoxy groups -OCH3 is 1. The van der Waals surface area contributed by atoms with Crippen LogP contribution in [0, 0.1) is 25.2 Å². The third-order valence-corrected chi connectivity index (χ3v) is 5.48. The van der Waals surface area contributed by atoms with Gasteiger partial charge in [0.15, 0.2) is 5.13 Å². The fourth-order valence-electron chi connectivity index (χ4n) is 3.04. The number of hydrogen-bond acceptors (Lipinski definition) is 6. The van der Waals surface area contributed by atoms with E-state index in [2.05, 4.69) is 10.3 Å². The van der Waals surface area contributed by atoms with Crippen molar-refractivity contribution in [2.24, 2.45) is 0 Å². The van der Waals surface area contributed by atoms with E-state index in [1.807, 2.05) is 32.0 Å². The van der Waals surface area contributed by atoms with Gasteiger partial charge in [-0.05, 0) is 55.8 Å². The highest BCUT2D eigenvalue weighted by Crippen LogP contribution is 2.30. The first-order chi connectivity index (χ1) is 15.3. The van der Waals surface area contributed by atoms with Gasteiger partial charge in [-0.2, -0.15) is 5.26 Å². The molecular formula is C24H22N4O3S. The van der Waals surface area contributed by atoms with Crippen LogP contribution in [0.1, 0.15) is 23.7 Å². The molecule has 32 heavy (non-hydrogen) atoms. The number of benzene rings is 2. The molecule has 8 heteroatoms. The van der Waals surface area contributed by atoms with Gasteiger partial charge >= 0.3 is 0 Å². The van der Waals surface area contributed by atoms with Crippen LogP contribution >= 0.6 is 11.3 Å². The molecule has 0 unspecified atom stereocenters. The average molecular weight is 447 g/mol. The Hall–Kier alpha value is -3.96. The van der Waals surface area contributed by atoms with Crippen molar-refractivity contribution in [2.45, 2.75) is 20.8 Å². The Morgan fingerprint density at radius 2 is 1.91 bits per heavy atom. The number of carbonyl (C=O) groups is 2. The van der Waals surface area contributed by atoms with E-state index in [0.29, 0.717) is 27.9 Å². The lowest BCUT2D eigenvalue weighted by molar-refractivity contribution is -0.116. The zero-order valence-corrected chi connectivity index (χ0v) is 19.0. The standard InChI is InChI=1S/C24H22N4O3S/c1-15-5-10-22(16(2)11-15)27-23(30)18(13-25)12-19-14-32-24(26-19)28(17(3)29)20-6-8-21(31-4)9-7-20/h5-12,14H,1-4H3,(H,27,30)/b18-12+. The summed E-state index contributed by atoms with van der Waals surface area (Å²) >= 11 is 1.24. The Labute approximate surface area is 190 Å². The Morgan fingerprint density at radius 3 is 2.50 bits per heavy atom. The molecule has 2 amide bonds. The Balaban J connectivity index is 1.84. The highest BCUT2D eigenvalue weighted by atomic mass is 32.1. The summed E-state index contributed by atoms with van der Waals surface area (Å²) < 4.78 is 5.16. The number of aryl methyl sites for hydroxylation is 2. The molecule has 1 N–H and O–H groups in total. The molecule has 0 atom stereocenters. The zero-order valence-electron chi connectivity index (χ0n) is 18.2. The molecule has 0 spiro atoms. The van der Waals surface area contributed by atoms with Gasteiger partial charge in [-0.15, -0.1) is 11.3 Å². The maximum atomic E-state index is 12.6. The zero-order chi connectivity index (χ0) is 23.3. The molecule has 0 bridgehead atoms. The number of nitriles is 1. The minimum absolute atomic E-state index is 0.0827. The maximum absolute atomic E-state index is 12.6. The first kappa shape index (κ1) is 22.7. The minimum atomic E-state index is -0.521. The van der Waals surface area contributed by atoms with Gasteiger partial charge in [-0.3, -0.25) is 14.5 Å². The van der Waals surface area contributed by atoms with Crippen molar-refractivity contribution < 1.29 is 14.3 Å². The van der Waals surface area contributed by atoms with E-state index in [1.54, 1.807) is 42.8 Å². The smallest absolute Gasteiger partial charge is 0.266 e. The van der Waals surface area contributed by atoms with Crippen LogP contribution in [0.25, 0.3) is 6.08 Å². The maximum Gasteiger partial charge on any atom is 0.266 e. The second-order valence-electron chi connectivity index (χ2n) is 7.05. The quantitative estimate of drug-likeness (QED) is 0.425. The summed E-state index contributed by atoms with van der Waals surface area (Å²) in [5, 5.41) is 14.4. The third-order valence-electron chi connectivity index (χ3n) is 4.63. The molecule has 0 radical (unpaired) electrons. The number of carbonyl (C=O) groups excluding carboxylic acids is 2. The van der Waals surface area contributed by atoms with Crippen LogP contribution in [0.2, 0.25) is 0 Å². The Bertz CT molecular complexity index is 1220. The molecule has 162 valence electrons. The second-order valence-corrected chi connectivity index (χ2v) is 7.89. The summed E-state index contributed by atoms with van der Waals surface area (Å²) in [6.45, 7) is 5.30. The van der Waals surface area contributed by atoms with Crippen molar-refractivity contribution in [3.8, 4) is 11.8 Å². The van der Waals surface area contributed by atoms with Crippen LogP contribution in [-0.4, -0.2) is 23.9 Å². The number of aromatic nitrogens is 1. The van der Waals surface area contributed by atoms with Gasteiger partial charge in [0.2, 0.25) is 5.91 Å². The van der Waals surface area contributed by atoms with Crippen molar-refractivity contribution in [1.29, 1.82) is 5.26 Å². The van der Waals surface area contributed by atoms with Crippen LogP contribution in [-0.2, 0) is 9.59 Å². The van der Waals surface area contributed by atoms with E-state index in [9.17, 15) is 14.9 Å². The van der Waals surface area contributed by atoms with Crippen molar-refractivity contribution in [3.63, 3.8) is 0 Å². The molecule has 3 aromatic rings. The summed E-state index contributed by atoms with van der Waals surface area (Å²) in [7, 11) is 1.57. The van der Waals surface area contributed by atoms with Crippen LogP contribution in [0.5, 0.6) is 5.75 Å². The Kier molecular flexibility index (Phi) is 7.03. The third kappa shape index (κ3) is 5.20. The normalized spacial score (nSPS) is 10.9. The van der Waals surface area contributed by atoms with Gasteiger partial charge in [0, 0.05) is 18.0 Å². The molecule has 0 aliphatic carbocycles. The van der Waals surface area contributed by atoms with Crippen molar-refractivity contribution in [3.05, 3.63) is 70.2 Å². The largest absolute Gasteiger partial charge is 0.497 e. The summed E-state index contributed by atoms with van der Waals surface area (Å²) in [5.41, 5.74) is 3.60. The van der Waals surface area contributed by atoms with E-state index in [1.165, 1.54) is 29.2 Å². The van der Waals surface area contributed by atoms with Crippen LogP contribution in [0.15, 0.2) is 53.4 Å². The number of rotatable bonds is 6. The van der Waals surface area contributed by atoms with Gasteiger partial charge in [0.1, 0.15) is 17.4 Å². The number of hydrogen-bond donors (Lipinski definition) is 1. The fourth-order valence-corrected chi connectivity index (χ4v) is 3.89. The first-order valence-corrected chi connectivity index (χ1v) is 10.6. The number of nitrogens with one attached hydrogen (secondary N) is 1. The highest BCUT2D eigenvalue weighted by Gasteiger charge is 2.19. The number of anilines is 3. The summed E-state index contributed by atoms with van der Waals surface area (Å²) in [4.78, 5) is 30.8. The molecule has 0 fully saturated rings. The lowest BCUT2D eigenvalue weighted by Crippen LogP contribution is -2.22. The van der Waals surface area contributed by atoms with E-state index in [4.69, 9.17) is 4.74 Å². The molecule has 0 saturated carbocycles. The molecule has 0 aliphatic heterocycles. The van der Waals surface area contributed by atoms with Crippen molar-refractivity contribution >= 4 is 45.7 Å². The number of amides is 2. The lowest BCUT2D eigenvalue weighted by Gasteiger charge is -2.18. The van der Waals surface area contributed by atoms with E-state index >= 15 is 0 Å². The topological polar surface area (TPSA) is 95.3 Å². The van der Waals surface area contributed by atoms with E-state index in [0.717, 1.165) is 11.1 Å². The molecule has 1 heterocycles. The second kappa shape index (κ2) is 9.90. The first-order valence-electron chi connectivity index (χ1n) is 9.73. The average Bonchev–Trinajstić information content (AvgIpc) is 3.22. The van der Waals surface area contributed by atoms with Crippen molar-refractivity contribution in [1.82, 2.24) is 4.98 Å².